The molecule has 1 rings (SSSR count). The van der Waals surface area contributed by atoms with E-state index in [0.717, 1.165) is 25.9 Å². The molecule has 0 unspecified atom stereocenters. The molecular formula is C13H25NO4S. The number of hydrogen-bond donors (Lipinski definition) is 1. The van der Waals surface area contributed by atoms with Gasteiger partial charge >= 0.3 is 5.97 Å². The molecule has 1 N–H and O–H groups in total. The van der Waals surface area contributed by atoms with Crippen LogP contribution in [0.5, 0.6) is 0 Å². The van der Waals surface area contributed by atoms with E-state index in [4.69, 9.17) is 0 Å². The third-order valence-electron chi connectivity index (χ3n) is 4.25. The summed E-state index contributed by atoms with van der Waals surface area (Å²) in [6.45, 7) is 5.57. The predicted octanol–water partition coefficient (Wildman–Crippen LogP) is 1.53. The van der Waals surface area contributed by atoms with E-state index in [-0.39, 0.29) is 18.6 Å². The van der Waals surface area contributed by atoms with Crippen LogP contribution in [0.1, 0.15) is 46.0 Å². The van der Waals surface area contributed by atoms with Crippen LogP contribution < -0.4 is 0 Å². The van der Waals surface area contributed by atoms with Crippen molar-refractivity contribution in [2.75, 3.05) is 25.4 Å². The Bertz CT molecular complexity index is 395. The number of carboxylic acids is 1. The molecule has 0 spiro atoms. The second kappa shape index (κ2) is 6.70. The van der Waals surface area contributed by atoms with E-state index in [0.29, 0.717) is 6.54 Å². The summed E-state index contributed by atoms with van der Waals surface area (Å²) in [5.74, 6) is -1.27. The molecule has 0 radical (unpaired) electrons. The predicted molar refractivity (Wildman–Crippen MR) is 75.0 cm³/mol. The van der Waals surface area contributed by atoms with Gasteiger partial charge in [-0.15, -0.1) is 0 Å². The summed E-state index contributed by atoms with van der Waals surface area (Å²) in [4.78, 5) is 13.5. The molecule has 5 nitrogen and oxygen atoms in total. The lowest BCUT2D eigenvalue weighted by atomic mass is 10.0. The van der Waals surface area contributed by atoms with E-state index in [2.05, 4.69) is 4.90 Å². The van der Waals surface area contributed by atoms with Crippen LogP contribution in [0.4, 0.5) is 0 Å². The first kappa shape index (κ1) is 16.4. The van der Waals surface area contributed by atoms with E-state index < -0.39 is 20.6 Å². The minimum atomic E-state index is -3.62. The highest BCUT2D eigenvalue weighted by Gasteiger charge is 2.47. The van der Waals surface area contributed by atoms with Crippen molar-refractivity contribution >= 4 is 15.8 Å². The van der Waals surface area contributed by atoms with Gasteiger partial charge in [-0.05, 0) is 38.8 Å². The summed E-state index contributed by atoms with van der Waals surface area (Å²) >= 11 is 0. The fourth-order valence-corrected chi connectivity index (χ4v) is 4.79. The maximum Gasteiger partial charge on any atom is 0.325 e. The Morgan fingerprint density at radius 2 is 1.68 bits per heavy atom. The fourth-order valence-electron chi connectivity index (χ4n) is 2.75. The zero-order chi connectivity index (χ0) is 14.5. The smallest absolute Gasteiger partial charge is 0.325 e. The number of nitrogens with zero attached hydrogens (tertiary/aromatic N) is 1. The van der Waals surface area contributed by atoms with Gasteiger partial charge in [-0.3, -0.25) is 4.79 Å². The molecule has 0 saturated carbocycles. The van der Waals surface area contributed by atoms with Gasteiger partial charge in [0.15, 0.2) is 14.6 Å². The molecule has 1 saturated heterocycles. The van der Waals surface area contributed by atoms with E-state index in [1.165, 1.54) is 6.42 Å². The highest BCUT2D eigenvalue weighted by molar-refractivity contribution is 7.93. The number of piperidine rings is 1. The van der Waals surface area contributed by atoms with Crippen molar-refractivity contribution in [2.24, 2.45) is 0 Å². The average Bonchev–Trinajstić information content (AvgIpc) is 2.39. The standard InChI is InChI=1S/C13H25NO4S/c1-3-13(4-2,12(15)16)19(17,18)11-10-14-8-6-5-7-9-14/h3-11H2,1-2H3,(H,15,16). The molecule has 1 aliphatic rings. The fraction of sp³-hybridized carbons (Fsp3) is 0.923. The van der Waals surface area contributed by atoms with Crippen LogP contribution in [0, 0.1) is 0 Å². The Hall–Kier alpha value is -0.620. The maximum absolute atomic E-state index is 12.4. The first-order chi connectivity index (χ1) is 8.89. The van der Waals surface area contributed by atoms with Gasteiger partial charge in [-0.25, -0.2) is 8.42 Å². The maximum atomic E-state index is 12.4. The SMILES string of the molecule is CCC(CC)(C(=O)O)S(=O)(=O)CCN1CCCCC1. The van der Waals surface area contributed by atoms with Gasteiger partial charge in [-0.1, -0.05) is 20.3 Å². The number of sulfone groups is 1. The zero-order valence-electron chi connectivity index (χ0n) is 11.9. The van der Waals surface area contributed by atoms with E-state index in [1.807, 2.05) is 0 Å². The van der Waals surface area contributed by atoms with Crippen LogP contribution in [0.2, 0.25) is 0 Å². The minimum absolute atomic E-state index is 0.0546. The molecule has 112 valence electrons. The van der Waals surface area contributed by atoms with Gasteiger partial charge in [0.05, 0.1) is 5.75 Å². The molecular weight excluding hydrogens is 266 g/mol. The lowest BCUT2D eigenvalue weighted by Crippen LogP contribution is -2.48. The van der Waals surface area contributed by atoms with Crippen molar-refractivity contribution < 1.29 is 18.3 Å². The Morgan fingerprint density at radius 3 is 2.11 bits per heavy atom. The number of rotatable bonds is 7. The van der Waals surface area contributed by atoms with Crippen molar-refractivity contribution in [1.82, 2.24) is 4.90 Å². The normalized spacial score (nSPS) is 18.4. The van der Waals surface area contributed by atoms with Crippen molar-refractivity contribution in [3.63, 3.8) is 0 Å². The molecule has 1 heterocycles. The van der Waals surface area contributed by atoms with E-state index in [1.54, 1.807) is 13.8 Å². The largest absolute Gasteiger partial charge is 0.480 e. The number of hydrogen-bond acceptors (Lipinski definition) is 4. The van der Waals surface area contributed by atoms with Crippen LogP contribution in [0.15, 0.2) is 0 Å². The second-order valence-electron chi connectivity index (χ2n) is 5.23. The quantitative estimate of drug-likeness (QED) is 0.770. The van der Waals surface area contributed by atoms with Crippen molar-refractivity contribution in [3.05, 3.63) is 0 Å². The van der Waals surface area contributed by atoms with Crippen LogP contribution in [-0.4, -0.2) is 54.5 Å². The van der Waals surface area contributed by atoms with Crippen LogP contribution in [0.25, 0.3) is 0 Å². The molecule has 0 aromatic carbocycles. The third-order valence-corrected chi connectivity index (χ3v) is 6.91. The summed E-state index contributed by atoms with van der Waals surface area (Å²) in [5.41, 5.74) is 0. The molecule has 6 heteroatoms. The first-order valence-electron chi connectivity index (χ1n) is 7.07. The molecule has 1 aliphatic heterocycles. The number of carbonyl (C=O) groups is 1. The Morgan fingerprint density at radius 1 is 1.16 bits per heavy atom. The van der Waals surface area contributed by atoms with Gasteiger partial charge < -0.3 is 10.0 Å². The molecule has 0 aliphatic carbocycles. The molecule has 0 amide bonds. The second-order valence-corrected chi connectivity index (χ2v) is 7.65. The number of likely N-dealkylation sites (tertiary alicyclic amines) is 1. The lowest BCUT2D eigenvalue weighted by molar-refractivity contribution is -0.140. The van der Waals surface area contributed by atoms with Gasteiger partial charge in [0, 0.05) is 6.54 Å². The van der Waals surface area contributed by atoms with Crippen molar-refractivity contribution in [2.45, 2.75) is 50.7 Å². The lowest BCUT2D eigenvalue weighted by Gasteiger charge is -2.30. The monoisotopic (exact) mass is 291 g/mol. The summed E-state index contributed by atoms with van der Waals surface area (Å²) < 4.78 is 23.2. The van der Waals surface area contributed by atoms with Gasteiger partial charge in [0.2, 0.25) is 0 Å². The Balaban J connectivity index is 2.75. The van der Waals surface area contributed by atoms with Crippen molar-refractivity contribution in [1.29, 1.82) is 0 Å². The summed E-state index contributed by atoms with van der Waals surface area (Å²) in [7, 11) is -3.62. The number of carboxylic acid groups (broad SMARTS) is 1. The Kier molecular flexibility index (Phi) is 5.80. The molecule has 19 heavy (non-hydrogen) atoms. The molecule has 0 aromatic rings. The molecule has 0 aromatic heterocycles. The number of aliphatic carboxylic acids is 1. The topological polar surface area (TPSA) is 74.7 Å². The van der Waals surface area contributed by atoms with E-state index >= 15 is 0 Å². The Labute approximate surface area is 115 Å². The van der Waals surface area contributed by atoms with Crippen LogP contribution in [0.3, 0.4) is 0 Å². The third kappa shape index (κ3) is 3.48. The van der Waals surface area contributed by atoms with Crippen LogP contribution in [-0.2, 0) is 14.6 Å². The van der Waals surface area contributed by atoms with Gasteiger partial charge in [-0.2, -0.15) is 0 Å². The average molecular weight is 291 g/mol. The van der Waals surface area contributed by atoms with Crippen molar-refractivity contribution in [3.8, 4) is 0 Å². The van der Waals surface area contributed by atoms with Crippen LogP contribution >= 0.6 is 0 Å². The summed E-state index contributed by atoms with van der Waals surface area (Å²) in [6, 6.07) is 0. The molecule has 0 atom stereocenters. The summed E-state index contributed by atoms with van der Waals surface area (Å²) in [6.07, 6.45) is 3.66. The molecule has 1 fully saturated rings. The van der Waals surface area contributed by atoms with Gasteiger partial charge in [0.1, 0.15) is 0 Å². The molecule has 0 bridgehead atoms. The highest BCUT2D eigenvalue weighted by Crippen LogP contribution is 2.27. The first-order valence-corrected chi connectivity index (χ1v) is 8.73. The zero-order valence-corrected chi connectivity index (χ0v) is 12.7. The van der Waals surface area contributed by atoms with E-state index in [9.17, 15) is 18.3 Å². The summed E-state index contributed by atoms with van der Waals surface area (Å²) in [5, 5.41) is 9.30. The highest BCUT2D eigenvalue weighted by atomic mass is 32.2. The van der Waals surface area contributed by atoms with Gasteiger partial charge in [0.25, 0.3) is 0 Å². The minimum Gasteiger partial charge on any atom is -0.480 e.